The van der Waals surface area contributed by atoms with Crippen LogP contribution in [0.15, 0.2) is 48.5 Å². The van der Waals surface area contributed by atoms with E-state index in [1.165, 1.54) is 5.56 Å². The highest BCUT2D eigenvalue weighted by Crippen LogP contribution is 2.16. The largest absolute Gasteiger partial charge is 0.497 e. The molecule has 0 aliphatic heterocycles. The van der Waals surface area contributed by atoms with Crippen LogP contribution in [0, 0.1) is 0 Å². The second-order valence-electron chi connectivity index (χ2n) is 4.48. The molecule has 2 rings (SSSR count). The van der Waals surface area contributed by atoms with E-state index in [2.05, 4.69) is 16.0 Å². The van der Waals surface area contributed by atoms with Crippen LogP contribution in [-0.2, 0) is 6.54 Å². The molecule has 0 spiro atoms. The van der Waals surface area contributed by atoms with Gasteiger partial charge in [0.2, 0.25) is 0 Å². The van der Waals surface area contributed by atoms with Gasteiger partial charge in [-0.2, -0.15) is 0 Å². The zero-order valence-electron chi connectivity index (χ0n) is 12.1. The lowest BCUT2D eigenvalue weighted by atomic mass is 10.2. The Morgan fingerprint density at radius 1 is 1.00 bits per heavy atom. The molecule has 3 N–H and O–H groups in total. The number of ether oxygens (including phenoxy) is 1. The van der Waals surface area contributed by atoms with E-state index in [0.29, 0.717) is 0 Å². The topological polar surface area (TPSA) is 62.4 Å². The summed E-state index contributed by atoms with van der Waals surface area (Å²) in [5.41, 5.74) is 2.92. The SMILES string of the molecule is CNC(=O)Nc1ccc(NCc2ccc(OC)cc2)cc1. The van der Waals surface area contributed by atoms with Gasteiger partial charge in [0, 0.05) is 25.0 Å². The maximum Gasteiger partial charge on any atom is 0.318 e. The molecule has 110 valence electrons. The Morgan fingerprint density at radius 3 is 2.19 bits per heavy atom. The molecule has 0 aromatic heterocycles. The number of carbonyl (C=O) groups is 1. The number of nitrogens with one attached hydrogen (secondary N) is 3. The molecule has 0 radical (unpaired) electrons. The standard InChI is InChI=1S/C16H19N3O2/c1-17-16(20)19-14-7-5-13(6-8-14)18-11-12-3-9-15(21-2)10-4-12/h3-10,18H,11H2,1-2H3,(H2,17,19,20). The van der Waals surface area contributed by atoms with Crippen LogP contribution in [0.3, 0.4) is 0 Å². The van der Waals surface area contributed by atoms with Crippen molar-refractivity contribution < 1.29 is 9.53 Å². The highest BCUT2D eigenvalue weighted by Gasteiger charge is 1.99. The fraction of sp³-hybridized carbons (Fsp3) is 0.188. The maximum absolute atomic E-state index is 11.2. The van der Waals surface area contributed by atoms with Gasteiger partial charge in [0.1, 0.15) is 5.75 Å². The molecule has 0 bridgehead atoms. The van der Waals surface area contributed by atoms with E-state index in [0.717, 1.165) is 23.7 Å². The van der Waals surface area contributed by atoms with Gasteiger partial charge < -0.3 is 20.7 Å². The molecular formula is C16H19N3O2. The average Bonchev–Trinajstić information content (AvgIpc) is 2.54. The Balaban J connectivity index is 1.89. The van der Waals surface area contributed by atoms with Gasteiger partial charge in [0.25, 0.3) is 0 Å². The number of benzene rings is 2. The van der Waals surface area contributed by atoms with E-state index < -0.39 is 0 Å². The highest BCUT2D eigenvalue weighted by molar-refractivity contribution is 5.89. The van der Waals surface area contributed by atoms with Crippen molar-refractivity contribution in [2.75, 3.05) is 24.8 Å². The third-order valence-corrected chi connectivity index (χ3v) is 3.03. The zero-order valence-corrected chi connectivity index (χ0v) is 12.1. The normalized spacial score (nSPS) is 9.81. The van der Waals surface area contributed by atoms with Gasteiger partial charge in [-0.05, 0) is 42.0 Å². The zero-order chi connectivity index (χ0) is 15.1. The van der Waals surface area contributed by atoms with Crippen molar-refractivity contribution in [3.8, 4) is 5.75 Å². The van der Waals surface area contributed by atoms with Gasteiger partial charge in [-0.3, -0.25) is 0 Å². The van der Waals surface area contributed by atoms with Crippen LogP contribution in [0.5, 0.6) is 5.75 Å². The minimum absolute atomic E-state index is 0.228. The number of carbonyl (C=O) groups excluding carboxylic acids is 1. The van der Waals surface area contributed by atoms with Crippen molar-refractivity contribution in [3.63, 3.8) is 0 Å². The maximum atomic E-state index is 11.2. The molecule has 0 saturated heterocycles. The van der Waals surface area contributed by atoms with Gasteiger partial charge in [-0.1, -0.05) is 12.1 Å². The summed E-state index contributed by atoms with van der Waals surface area (Å²) in [6.45, 7) is 0.728. The average molecular weight is 285 g/mol. The predicted molar refractivity (Wildman–Crippen MR) is 84.8 cm³/mol. The van der Waals surface area contributed by atoms with Gasteiger partial charge >= 0.3 is 6.03 Å². The van der Waals surface area contributed by atoms with Crippen molar-refractivity contribution in [3.05, 3.63) is 54.1 Å². The molecule has 0 aliphatic rings. The van der Waals surface area contributed by atoms with Crippen molar-refractivity contribution in [2.45, 2.75) is 6.54 Å². The first kappa shape index (κ1) is 14.7. The van der Waals surface area contributed by atoms with Gasteiger partial charge in [-0.25, -0.2) is 4.79 Å². The van der Waals surface area contributed by atoms with E-state index in [1.54, 1.807) is 14.2 Å². The summed E-state index contributed by atoms with van der Waals surface area (Å²) in [4.78, 5) is 11.2. The minimum atomic E-state index is -0.228. The lowest BCUT2D eigenvalue weighted by molar-refractivity contribution is 0.254. The first-order chi connectivity index (χ1) is 10.2. The second kappa shape index (κ2) is 7.19. The summed E-state index contributed by atoms with van der Waals surface area (Å²) < 4.78 is 5.13. The van der Waals surface area contributed by atoms with Crippen LogP contribution in [0.1, 0.15) is 5.56 Å². The quantitative estimate of drug-likeness (QED) is 0.791. The number of methoxy groups -OCH3 is 1. The summed E-state index contributed by atoms with van der Waals surface area (Å²) in [6.07, 6.45) is 0. The molecule has 0 aliphatic carbocycles. The molecule has 21 heavy (non-hydrogen) atoms. The molecule has 0 heterocycles. The second-order valence-corrected chi connectivity index (χ2v) is 4.48. The lowest BCUT2D eigenvalue weighted by Gasteiger charge is -2.09. The van der Waals surface area contributed by atoms with Crippen LogP contribution in [0.4, 0.5) is 16.2 Å². The molecule has 5 nitrogen and oxygen atoms in total. The number of hydrogen-bond acceptors (Lipinski definition) is 3. The Hall–Kier alpha value is -2.69. The van der Waals surface area contributed by atoms with E-state index in [4.69, 9.17) is 4.74 Å². The monoisotopic (exact) mass is 285 g/mol. The summed E-state index contributed by atoms with van der Waals surface area (Å²) in [7, 11) is 3.24. The van der Waals surface area contributed by atoms with Crippen LogP contribution in [-0.4, -0.2) is 20.2 Å². The molecule has 0 fully saturated rings. The smallest absolute Gasteiger partial charge is 0.318 e. The molecular weight excluding hydrogens is 266 g/mol. The summed E-state index contributed by atoms with van der Waals surface area (Å²) in [5.74, 6) is 0.850. The van der Waals surface area contributed by atoms with E-state index in [-0.39, 0.29) is 6.03 Å². The summed E-state index contributed by atoms with van der Waals surface area (Å²) in [6, 6.07) is 15.2. The first-order valence-electron chi connectivity index (χ1n) is 6.67. The molecule has 2 aromatic carbocycles. The van der Waals surface area contributed by atoms with Gasteiger partial charge in [-0.15, -0.1) is 0 Å². The van der Waals surface area contributed by atoms with Crippen molar-refractivity contribution in [1.29, 1.82) is 0 Å². The summed E-state index contributed by atoms with van der Waals surface area (Å²) >= 11 is 0. The lowest BCUT2D eigenvalue weighted by Crippen LogP contribution is -2.24. The van der Waals surface area contributed by atoms with Crippen molar-refractivity contribution >= 4 is 17.4 Å². The third-order valence-electron chi connectivity index (χ3n) is 3.03. The van der Waals surface area contributed by atoms with Crippen LogP contribution < -0.4 is 20.7 Å². The Morgan fingerprint density at radius 2 is 1.62 bits per heavy atom. The van der Waals surface area contributed by atoms with E-state index in [1.807, 2.05) is 48.5 Å². The third kappa shape index (κ3) is 4.42. The number of urea groups is 1. The van der Waals surface area contributed by atoms with E-state index >= 15 is 0 Å². The molecule has 0 unspecified atom stereocenters. The predicted octanol–water partition coefficient (Wildman–Crippen LogP) is 3.06. The Labute approximate surface area is 124 Å². The van der Waals surface area contributed by atoms with Crippen molar-refractivity contribution in [2.24, 2.45) is 0 Å². The Bertz CT molecular complexity index is 579. The molecule has 2 aromatic rings. The molecule has 0 atom stereocenters. The number of rotatable bonds is 5. The molecule has 2 amide bonds. The molecule has 0 saturated carbocycles. The van der Waals surface area contributed by atoms with Crippen molar-refractivity contribution in [1.82, 2.24) is 5.32 Å². The summed E-state index contributed by atoms with van der Waals surface area (Å²) in [5, 5.41) is 8.55. The fourth-order valence-electron chi connectivity index (χ4n) is 1.81. The van der Waals surface area contributed by atoms with E-state index in [9.17, 15) is 4.79 Å². The number of anilines is 2. The van der Waals surface area contributed by atoms with Gasteiger partial charge in [0.05, 0.1) is 7.11 Å². The van der Waals surface area contributed by atoms with Gasteiger partial charge in [0.15, 0.2) is 0 Å². The highest BCUT2D eigenvalue weighted by atomic mass is 16.5. The van der Waals surface area contributed by atoms with Crippen LogP contribution >= 0.6 is 0 Å². The fourth-order valence-corrected chi connectivity index (χ4v) is 1.81. The number of amides is 2. The number of hydrogen-bond donors (Lipinski definition) is 3. The van der Waals surface area contributed by atoms with Crippen LogP contribution in [0.2, 0.25) is 0 Å². The van der Waals surface area contributed by atoms with Crippen LogP contribution in [0.25, 0.3) is 0 Å². The molecule has 5 heteroatoms. The Kier molecular flexibility index (Phi) is 5.04. The minimum Gasteiger partial charge on any atom is -0.497 e. The first-order valence-corrected chi connectivity index (χ1v) is 6.67.